The van der Waals surface area contributed by atoms with Crippen LogP contribution in [0.1, 0.15) is 22.2 Å². The average molecular weight is 452 g/mol. The second-order valence-corrected chi connectivity index (χ2v) is 8.30. The van der Waals surface area contributed by atoms with Gasteiger partial charge in [-0.2, -0.15) is 0 Å². The van der Waals surface area contributed by atoms with Crippen LogP contribution in [-0.2, 0) is 4.79 Å². The van der Waals surface area contributed by atoms with Crippen molar-refractivity contribution < 1.29 is 23.9 Å². The van der Waals surface area contributed by atoms with E-state index in [2.05, 4.69) is 0 Å². The third-order valence-corrected chi connectivity index (χ3v) is 6.02. The number of imide groups is 1. The molecule has 31 heavy (non-hydrogen) atoms. The standard InChI is InChI=1S/C23H17NO5S2/c1-2-28-18-13-15(10-11-17(18)29-22(26)19-9-6-12-30-19)14-20-21(25)24(23(27)31-20)16-7-4-3-5-8-16/h3-14H,2H2,1H3. The van der Waals surface area contributed by atoms with E-state index in [0.29, 0.717) is 33.4 Å². The highest BCUT2D eigenvalue weighted by atomic mass is 32.2. The molecule has 1 aromatic heterocycles. The van der Waals surface area contributed by atoms with E-state index < -0.39 is 5.97 Å². The third kappa shape index (κ3) is 4.55. The zero-order valence-electron chi connectivity index (χ0n) is 16.4. The Labute approximate surface area is 187 Å². The molecule has 2 heterocycles. The zero-order valence-corrected chi connectivity index (χ0v) is 18.1. The predicted molar refractivity (Wildman–Crippen MR) is 122 cm³/mol. The maximum Gasteiger partial charge on any atom is 0.353 e. The summed E-state index contributed by atoms with van der Waals surface area (Å²) < 4.78 is 11.1. The summed E-state index contributed by atoms with van der Waals surface area (Å²) in [4.78, 5) is 39.4. The van der Waals surface area contributed by atoms with Crippen LogP contribution in [0, 0.1) is 0 Å². The molecule has 2 amide bonds. The van der Waals surface area contributed by atoms with Crippen LogP contribution < -0.4 is 14.4 Å². The molecule has 0 bridgehead atoms. The number of anilines is 1. The number of carbonyl (C=O) groups is 3. The van der Waals surface area contributed by atoms with Crippen molar-refractivity contribution in [2.75, 3.05) is 11.5 Å². The molecule has 3 aromatic rings. The molecular weight excluding hydrogens is 434 g/mol. The Bertz CT molecular complexity index is 1160. The SMILES string of the molecule is CCOc1cc(C=C2SC(=O)N(c3ccccc3)C2=O)ccc1OC(=O)c1cccs1. The molecule has 0 radical (unpaired) electrons. The molecule has 156 valence electrons. The van der Waals surface area contributed by atoms with E-state index in [-0.39, 0.29) is 16.9 Å². The summed E-state index contributed by atoms with van der Waals surface area (Å²) in [6.45, 7) is 2.19. The number of benzene rings is 2. The molecule has 8 heteroatoms. The summed E-state index contributed by atoms with van der Waals surface area (Å²) in [6, 6.07) is 17.2. The van der Waals surface area contributed by atoms with E-state index in [4.69, 9.17) is 9.47 Å². The molecule has 0 unspecified atom stereocenters. The summed E-state index contributed by atoms with van der Waals surface area (Å²) in [5.41, 5.74) is 1.18. The number of thiophene rings is 1. The maximum atomic E-state index is 12.8. The molecular formula is C23H17NO5S2. The van der Waals surface area contributed by atoms with Crippen molar-refractivity contribution in [2.24, 2.45) is 0 Å². The molecule has 0 saturated carbocycles. The Kier molecular flexibility index (Phi) is 6.20. The number of carbonyl (C=O) groups excluding carboxylic acids is 3. The van der Waals surface area contributed by atoms with Gasteiger partial charge in [-0.3, -0.25) is 9.59 Å². The molecule has 0 N–H and O–H groups in total. The fraction of sp³-hybridized carbons (Fsp3) is 0.0870. The van der Waals surface area contributed by atoms with E-state index >= 15 is 0 Å². The van der Waals surface area contributed by atoms with E-state index in [0.717, 1.165) is 16.7 Å². The lowest BCUT2D eigenvalue weighted by atomic mass is 10.1. The minimum atomic E-state index is -0.465. The lowest BCUT2D eigenvalue weighted by molar-refractivity contribution is -0.113. The number of rotatable bonds is 6. The summed E-state index contributed by atoms with van der Waals surface area (Å²) >= 11 is 2.17. The van der Waals surface area contributed by atoms with E-state index in [1.54, 1.807) is 66.1 Å². The maximum absolute atomic E-state index is 12.8. The Hall–Kier alpha value is -3.36. The van der Waals surface area contributed by atoms with Crippen molar-refractivity contribution in [3.63, 3.8) is 0 Å². The minimum absolute atomic E-state index is 0.287. The molecule has 1 saturated heterocycles. The number of thioether (sulfide) groups is 1. The lowest BCUT2D eigenvalue weighted by Gasteiger charge is -2.12. The van der Waals surface area contributed by atoms with Crippen LogP contribution >= 0.6 is 23.1 Å². The molecule has 0 spiro atoms. The molecule has 1 fully saturated rings. The third-order valence-electron chi connectivity index (χ3n) is 4.30. The molecule has 4 rings (SSSR count). The van der Waals surface area contributed by atoms with Crippen LogP contribution in [0.5, 0.6) is 11.5 Å². The van der Waals surface area contributed by atoms with Gasteiger partial charge in [-0.15, -0.1) is 11.3 Å². The second kappa shape index (κ2) is 9.20. The van der Waals surface area contributed by atoms with Gasteiger partial charge >= 0.3 is 5.97 Å². The van der Waals surface area contributed by atoms with Gasteiger partial charge in [0.1, 0.15) is 4.88 Å². The summed E-state index contributed by atoms with van der Waals surface area (Å²) in [5.74, 6) is -0.182. The first-order valence-corrected chi connectivity index (χ1v) is 11.1. The van der Waals surface area contributed by atoms with Crippen LogP contribution in [0.4, 0.5) is 10.5 Å². The van der Waals surface area contributed by atoms with Gasteiger partial charge in [0, 0.05) is 0 Å². The predicted octanol–water partition coefficient (Wildman–Crippen LogP) is 5.61. The Morgan fingerprint density at radius 1 is 1.03 bits per heavy atom. The minimum Gasteiger partial charge on any atom is -0.490 e. The van der Waals surface area contributed by atoms with Crippen molar-refractivity contribution in [2.45, 2.75) is 6.92 Å². The fourth-order valence-electron chi connectivity index (χ4n) is 2.93. The first-order valence-electron chi connectivity index (χ1n) is 9.42. The van der Waals surface area contributed by atoms with Gasteiger partial charge in [-0.05, 0) is 66.0 Å². The highest BCUT2D eigenvalue weighted by Crippen LogP contribution is 2.37. The highest BCUT2D eigenvalue weighted by Gasteiger charge is 2.36. The number of ether oxygens (including phenoxy) is 2. The van der Waals surface area contributed by atoms with Crippen molar-refractivity contribution in [3.05, 3.63) is 81.4 Å². The topological polar surface area (TPSA) is 72.9 Å². The molecule has 1 aliphatic heterocycles. The first kappa shape index (κ1) is 20.9. The van der Waals surface area contributed by atoms with E-state index in [1.807, 2.05) is 13.0 Å². The summed E-state index contributed by atoms with van der Waals surface area (Å²) in [6.07, 6.45) is 1.63. The van der Waals surface area contributed by atoms with Crippen molar-refractivity contribution in [1.82, 2.24) is 0 Å². The number of nitrogens with zero attached hydrogens (tertiary/aromatic N) is 1. The number of amides is 2. The number of hydrogen-bond acceptors (Lipinski definition) is 7. The average Bonchev–Trinajstić information content (AvgIpc) is 3.39. The van der Waals surface area contributed by atoms with Gasteiger partial charge in [-0.1, -0.05) is 30.3 Å². The quantitative estimate of drug-likeness (QED) is 0.276. The van der Waals surface area contributed by atoms with Crippen molar-refractivity contribution in [3.8, 4) is 11.5 Å². The van der Waals surface area contributed by atoms with Crippen LogP contribution in [0.15, 0.2) is 70.9 Å². The van der Waals surface area contributed by atoms with Gasteiger partial charge in [0.2, 0.25) is 0 Å². The molecule has 6 nitrogen and oxygen atoms in total. The number of esters is 1. The van der Waals surface area contributed by atoms with Crippen molar-refractivity contribution >= 4 is 52.0 Å². The van der Waals surface area contributed by atoms with Crippen LogP contribution in [-0.4, -0.2) is 23.7 Å². The fourth-order valence-corrected chi connectivity index (χ4v) is 4.37. The van der Waals surface area contributed by atoms with Gasteiger partial charge < -0.3 is 9.47 Å². The number of para-hydroxylation sites is 1. The largest absolute Gasteiger partial charge is 0.490 e. The summed E-state index contributed by atoms with van der Waals surface area (Å²) in [7, 11) is 0. The first-order chi connectivity index (χ1) is 15.1. The Morgan fingerprint density at radius 2 is 1.84 bits per heavy atom. The van der Waals surface area contributed by atoms with Crippen LogP contribution in [0.2, 0.25) is 0 Å². The smallest absolute Gasteiger partial charge is 0.353 e. The molecule has 0 aliphatic carbocycles. The van der Waals surface area contributed by atoms with Gasteiger partial charge in [0.25, 0.3) is 11.1 Å². The Balaban J connectivity index is 1.59. The van der Waals surface area contributed by atoms with E-state index in [9.17, 15) is 14.4 Å². The normalized spacial score (nSPS) is 14.9. The molecule has 1 aliphatic rings. The summed E-state index contributed by atoms with van der Waals surface area (Å²) in [5, 5.41) is 1.44. The Morgan fingerprint density at radius 3 is 2.55 bits per heavy atom. The van der Waals surface area contributed by atoms with Crippen molar-refractivity contribution in [1.29, 1.82) is 0 Å². The zero-order chi connectivity index (χ0) is 21.8. The highest BCUT2D eigenvalue weighted by molar-refractivity contribution is 8.19. The van der Waals surface area contributed by atoms with E-state index in [1.165, 1.54) is 11.3 Å². The van der Waals surface area contributed by atoms with Crippen LogP contribution in [0.3, 0.4) is 0 Å². The van der Waals surface area contributed by atoms with Crippen LogP contribution in [0.25, 0.3) is 6.08 Å². The number of hydrogen-bond donors (Lipinski definition) is 0. The van der Waals surface area contributed by atoms with Gasteiger partial charge in [0.05, 0.1) is 17.2 Å². The monoisotopic (exact) mass is 451 g/mol. The van der Waals surface area contributed by atoms with Gasteiger partial charge in [0.15, 0.2) is 11.5 Å². The second-order valence-electron chi connectivity index (χ2n) is 6.36. The molecule has 2 aromatic carbocycles. The lowest BCUT2D eigenvalue weighted by Crippen LogP contribution is -2.27. The molecule has 0 atom stereocenters. The van der Waals surface area contributed by atoms with Gasteiger partial charge in [-0.25, -0.2) is 9.69 Å².